The summed E-state index contributed by atoms with van der Waals surface area (Å²) in [4.78, 5) is 0. The summed E-state index contributed by atoms with van der Waals surface area (Å²) in [7, 11) is 0. The molecular weight excluding hydrogens is 490 g/mol. The molecule has 2 nitrogen and oxygen atoms in total. The zero-order valence-corrected chi connectivity index (χ0v) is 16.0. The fourth-order valence-corrected chi connectivity index (χ4v) is 4.41. The number of allylic oxidation sites excluding steroid dienone is 2. The number of nitrogens with zero attached hydrogens (tertiary/aromatic N) is 2. The van der Waals surface area contributed by atoms with Crippen LogP contribution in [0.5, 0.6) is 0 Å². The molecule has 0 bridgehead atoms. The fraction of sp³-hybridized carbons (Fsp3) is 0. The molecule has 0 N–H and O–H groups in total. The standard InChI is InChI=1S/C15H6BBr2ClF4N2/c17-13-3-1-11-15(7-5-10(21)8(19)6-9(7)20)12-2-4-14(18)25(12)16(22,23)24(11)13/h1-6H. The summed E-state index contributed by atoms with van der Waals surface area (Å²) in [5, 5.41) is -0.375. The second kappa shape index (κ2) is 5.59. The van der Waals surface area contributed by atoms with Gasteiger partial charge in [0.15, 0.2) is 5.70 Å². The molecule has 4 rings (SSSR count). The second-order valence-corrected chi connectivity index (χ2v) is 7.56. The van der Waals surface area contributed by atoms with Gasteiger partial charge in [-0.2, -0.15) is 0 Å². The predicted molar refractivity (Wildman–Crippen MR) is 96.2 cm³/mol. The van der Waals surface area contributed by atoms with Gasteiger partial charge in [-0.1, -0.05) is 11.6 Å². The number of aromatic nitrogens is 1. The van der Waals surface area contributed by atoms with E-state index in [0.717, 1.165) is 21.1 Å². The third-order valence-electron chi connectivity index (χ3n) is 4.15. The monoisotopic (exact) mass is 494 g/mol. The van der Waals surface area contributed by atoms with Crippen LogP contribution in [0.4, 0.5) is 17.4 Å². The summed E-state index contributed by atoms with van der Waals surface area (Å²) in [6.45, 7) is -4.21. The molecular formula is C15H6BBr2ClF4N2. The van der Waals surface area contributed by atoms with Gasteiger partial charge in [-0.25, -0.2) is 8.78 Å². The molecule has 1 aromatic carbocycles. The first kappa shape index (κ1) is 17.1. The summed E-state index contributed by atoms with van der Waals surface area (Å²) in [5.41, 5.74) is 0.162. The van der Waals surface area contributed by atoms with Crippen molar-refractivity contribution in [3.8, 4) is 0 Å². The number of hydrogen-bond donors (Lipinski definition) is 0. The summed E-state index contributed by atoms with van der Waals surface area (Å²) in [6.07, 6.45) is 2.88. The molecule has 128 valence electrons. The molecule has 2 aliphatic heterocycles. The van der Waals surface area contributed by atoms with Crippen molar-refractivity contribution in [2.75, 3.05) is 0 Å². The molecule has 0 saturated carbocycles. The largest absolute Gasteiger partial charge is 0.738 e. The predicted octanol–water partition coefficient (Wildman–Crippen LogP) is 5.55. The maximum absolute atomic E-state index is 15.0. The third kappa shape index (κ3) is 2.32. The molecule has 25 heavy (non-hydrogen) atoms. The van der Waals surface area contributed by atoms with Crippen molar-refractivity contribution >= 4 is 60.6 Å². The van der Waals surface area contributed by atoms with Crippen molar-refractivity contribution < 1.29 is 21.9 Å². The Kier molecular flexibility index (Phi) is 3.83. The minimum Gasteiger partial charge on any atom is -0.389 e. The van der Waals surface area contributed by atoms with Crippen molar-refractivity contribution in [1.82, 2.24) is 4.48 Å². The first-order chi connectivity index (χ1) is 11.7. The first-order valence-electron chi connectivity index (χ1n) is 7.02. The van der Waals surface area contributed by atoms with Gasteiger partial charge in [0.25, 0.3) is 0 Å². The van der Waals surface area contributed by atoms with E-state index in [4.69, 9.17) is 11.6 Å². The number of fused-ring (bicyclic) bond motifs is 2. The Hall–Kier alpha value is -1.32. The molecule has 0 saturated heterocycles. The molecule has 0 atom stereocenters. The van der Waals surface area contributed by atoms with E-state index in [2.05, 4.69) is 31.9 Å². The highest BCUT2D eigenvalue weighted by molar-refractivity contribution is 9.18. The minimum atomic E-state index is -4.21. The van der Waals surface area contributed by atoms with Gasteiger partial charge in [-0.05, 0) is 40.2 Å². The molecule has 10 heteroatoms. The van der Waals surface area contributed by atoms with Gasteiger partial charge >= 0.3 is 6.97 Å². The van der Waals surface area contributed by atoms with E-state index in [-0.39, 0.29) is 36.8 Å². The Balaban J connectivity index is 2.13. The summed E-state index contributed by atoms with van der Waals surface area (Å²) in [6, 6.07) is 4.63. The van der Waals surface area contributed by atoms with Crippen LogP contribution in [-0.4, -0.2) is 20.6 Å². The second-order valence-electron chi connectivity index (χ2n) is 5.53. The summed E-state index contributed by atoms with van der Waals surface area (Å²) < 4.78 is 60.3. The van der Waals surface area contributed by atoms with Crippen LogP contribution >= 0.6 is 43.5 Å². The van der Waals surface area contributed by atoms with Gasteiger partial charge in [0.2, 0.25) is 4.62 Å². The topological polar surface area (TPSA) is 7.94 Å². The van der Waals surface area contributed by atoms with E-state index in [9.17, 15) is 8.78 Å². The molecule has 1 aromatic heterocycles. The number of hydrogen-bond acceptors (Lipinski definition) is 0. The lowest BCUT2D eigenvalue weighted by molar-refractivity contribution is -0.358. The van der Waals surface area contributed by atoms with Crippen LogP contribution in [0.15, 0.2) is 46.7 Å². The van der Waals surface area contributed by atoms with Gasteiger partial charge in [0.1, 0.15) is 11.6 Å². The smallest absolute Gasteiger partial charge is 0.389 e. The van der Waals surface area contributed by atoms with Crippen LogP contribution in [0.3, 0.4) is 0 Å². The van der Waals surface area contributed by atoms with Gasteiger partial charge in [0, 0.05) is 39.3 Å². The molecule has 0 radical (unpaired) electrons. The number of benzene rings is 1. The lowest BCUT2D eigenvalue weighted by atomic mass is 9.86. The molecule has 2 aromatic rings. The highest BCUT2D eigenvalue weighted by Crippen LogP contribution is 2.43. The Morgan fingerprint density at radius 2 is 1.76 bits per heavy atom. The van der Waals surface area contributed by atoms with Crippen LogP contribution in [0.2, 0.25) is 5.02 Å². The van der Waals surface area contributed by atoms with Gasteiger partial charge < -0.3 is 17.6 Å². The highest BCUT2D eigenvalue weighted by Gasteiger charge is 2.54. The Morgan fingerprint density at radius 3 is 2.48 bits per heavy atom. The molecule has 2 aliphatic rings. The van der Waals surface area contributed by atoms with Crippen LogP contribution in [0.1, 0.15) is 11.3 Å². The zero-order chi connectivity index (χ0) is 18.1. The van der Waals surface area contributed by atoms with Crippen LogP contribution < -0.4 is 0 Å². The van der Waals surface area contributed by atoms with Crippen molar-refractivity contribution in [2.24, 2.45) is 0 Å². The Bertz CT molecular complexity index is 1040. The lowest BCUT2D eigenvalue weighted by Crippen LogP contribution is -2.50. The van der Waals surface area contributed by atoms with Gasteiger partial charge in [-0.3, -0.25) is 0 Å². The van der Waals surface area contributed by atoms with Crippen LogP contribution in [0, 0.1) is 11.6 Å². The van der Waals surface area contributed by atoms with E-state index < -0.39 is 18.6 Å². The third-order valence-corrected chi connectivity index (χ3v) is 5.73. The molecule has 0 amide bonds. The van der Waals surface area contributed by atoms with Gasteiger partial charge in [0.05, 0.1) is 15.2 Å². The normalized spacial score (nSPS) is 18.0. The van der Waals surface area contributed by atoms with Gasteiger partial charge in [-0.15, -0.1) is 0 Å². The van der Waals surface area contributed by atoms with Crippen LogP contribution in [0.25, 0.3) is 5.57 Å². The fourth-order valence-electron chi connectivity index (χ4n) is 3.12. The van der Waals surface area contributed by atoms with E-state index in [1.165, 1.54) is 24.3 Å². The molecule has 0 fully saturated rings. The van der Waals surface area contributed by atoms with Crippen molar-refractivity contribution in [1.29, 1.82) is 0 Å². The summed E-state index contributed by atoms with van der Waals surface area (Å²) in [5.74, 6) is -1.63. The van der Waals surface area contributed by atoms with Crippen molar-refractivity contribution in [3.05, 3.63) is 74.6 Å². The SMILES string of the molecule is Fc1cc(C2=C3C=CC(Br)=[N+]3[B-](F)(F)n3c(Br)ccc32)c(F)cc1Cl. The average Bonchev–Trinajstić information content (AvgIpc) is 3.09. The number of rotatable bonds is 1. The van der Waals surface area contributed by atoms with E-state index in [0.29, 0.717) is 0 Å². The van der Waals surface area contributed by atoms with Crippen molar-refractivity contribution in [2.45, 2.75) is 0 Å². The summed E-state index contributed by atoms with van der Waals surface area (Å²) >= 11 is 11.8. The quantitative estimate of drug-likeness (QED) is 0.278. The van der Waals surface area contributed by atoms with Crippen molar-refractivity contribution in [3.63, 3.8) is 0 Å². The molecule has 3 heterocycles. The Morgan fingerprint density at radius 1 is 1.04 bits per heavy atom. The number of halogens is 7. The maximum Gasteiger partial charge on any atom is 0.738 e. The van der Waals surface area contributed by atoms with Crippen LogP contribution in [-0.2, 0) is 0 Å². The molecule has 0 aliphatic carbocycles. The van der Waals surface area contributed by atoms with E-state index >= 15 is 8.63 Å². The average molecular weight is 496 g/mol. The molecule has 0 unspecified atom stereocenters. The van der Waals surface area contributed by atoms with E-state index in [1.54, 1.807) is 0 Å². The Labute approximate surface area is 161 Å². The zero-order valence-electron chi connectivity index (χ0n) is 12.1. The van der Waals surface area contributed by atoms with E-state index in [1.807, 2.05) is 0 Å². The lowest BCUT2D eigenvalue weighted by Gasteiger charge is -2.32. The highest BCUT2D eigenvalue weighted by atomic mass is 79.9. The first-order valence-corrected chi connectivity index (χ1v) is 8.98. The molecule has 0 spiro atoms. The minimum absolute atomic E-state index is 0.0793. The maximum atomic E-state index is 15.0.